The molecule has 21 heavy (non-hydrogen) atoms. The van der Waals surface area contributed by atoms with E-state index in [-0.39, 0.29) is 41.7 Å². The summed E-state index contributed by atoms with van der Waals surface area (Å²) in [4.78, 5) is 24.1. The number of nitro groups is 1. The summed E-state index contributed by atoms with van der Waals surface area (Å²) in [5.74, 6) is -0.472. The fraction of sp³-hybridized carbons (Fsp3) is 0.417. The van der Waals surface area contributed by atoms with E-state index in [2.05, 4.69) is 0 Å². The maximum absolute atomic E-state index is 12.4. The van der Waals surface area contributed by atoms with Crippen LogP contribution in [0.2, 0.25) is 5.02 Å². The van der Waals surface area contributed by atoms with Gasteiger partial charge in [0, 0.05) is 25.2 Å². The number of carbonyl (C=O) groups is 1. The molecule has 0 aliphatic carbocycles. The molecule has 1 aliphatic rings. The molecule has 1 heterocycles. The average molecular weight is 316 g/mol. The van der Waals surface area contributed by atoms with Gasteiger partial charge < -0.3 is 20.5 Å². The number of anilines is 1. The Morgan fingerprint density at radius 2 is 2.33 bits per heavy atom. The fourth-order valence-electron chi connectivity index (χ4n) is 2.07. The van der Waals surface area contributed by atoms with Gasteiger partial charge in [-0.15, -0.1) is 0 Å². The summed E-state index contributed by atoms with van der Waals surface area (Å²) in [7, 11) is 0. The van der Waals surface area contributed by atoms with Crippen LogP contribution in [0.3, 0.4) is 0 Å². The van der Waals surface area contributed by atoms with Crippen LogP contribution in [0.5, 0.6) is 0 Å². The van der Waals surface area contributed by atoms with Crippen molar-refractivity contribution in [2.45, 2.75) is 6.10 Å². The second-order valence-electron chi connectivity index (χ2n) is 4.57. The van der Waals surface area contributed by atoms with Gasteiger partial charge in [-0.25, -0.2) is 0 Å². The van der Waals surface area contributed by atoms with Crippen molar-refractivity contribution in [1.82, 2.24) is 4.90 Å². The van der Waals surface area contributed by atoms with Crippen molar-refractivity contribution in [3.8, 4) is 0 Å². The summed E-state index contributed by atoms with van der Waals surface area (Å²) in [5.41, 5.74) is 5.42. The van der Waals surface area contributed by atoms with E-state index in [0.29, 0.717) is 6.54 Å². The van der Waals surface area contributed by atoms with Crippen molar-refractivity contribution in [2.75, 3.05) is 32.0 Å². The molecule has 0 spiro atoms. The topological polar surface area (TPSA) is 119 Å². The summed E-state index contributed by atoms with van der Waals surface area (Å²) in [6.45, 7) is 0.568. The van der Waals surface area contributed by atoms with Gasteiger partial charge in [0.25, 0.3) is 11.6 Å². The number of hydrogen-bond donors (Lipinski definition) is 2. The largest absolute Gasteiger partial charge is 0.397 e. The van der Waals surface area contributed by atoms with Crippen molar-refractivity contribution in [3.05, 3.63) is 32.8 Å². The highest BCUT2D eigenvalue weighted by Gasteiger charge is 2.27. The van der Waals surface area contributed by atoms with E-state index in [4.69, 9.17) is 27.2 Å². The summed E-state index contributed by atoms with van der Waals surface area (Å²) in [6.07, 6.45) is -0.474. The number of aliphatic hydroxyl groups excluding tert-OH is 1. The van der Waals surface area contributed by atoms with Crippen LogP contribution in [0.4, 0.5) is 11.4 Å². The molecule has 0 radical (unpaired) electrons. The van der Waals surface area contributed by atoms with Crippen molar-refractivity contribution in [1.29, 1.82) is 0 Å². The molecule has 0 bridgehead atoms. The molecule has 1 aromatic rings. The molecular formula is C12H14ClN3O5. The quantitative estimate of drug-likeness (QED) is 0.480. The van der Waals surface area contributed by atoms with Gasteiger partial charge in [-0.3, -0.25) is 14.9 Å². The lowest BCUT2D eigenvalue weighted by molar-refractivity contribution is -0.384. The minimum absolute atomic E-state index is 0.000642. The molecule has 2 rings (SSSR count). The van der Waals surface area contributed by atoms with E-state index >= 15 is 0 Å². The number of halogens is 1. The third kappa shape index (κ3) is 3.23. The van der Waals surface area contributed by atoms with Gasteiger partial charge in [0.05, 0.1) is 40.5 Å². The van der Waals surface area contributed by atoms with Crippen molar-refractivity contribution < 1.29 is 19.6 Å². The molecule has 8 nitrogen and oxygen atoms in total. The molecule has 1 aromatic carbocycles. The van der Waals surface area contributed by atoms with Gasteiger partial charge in [-0.1, -0.05) is 11.6 Å². The Morgan fingerprint density at radius 1 is 1.62 bits per heavy atom. The zero-order valence-corrected chi connectivity index (χ0v) is 11.7. The molecule has 1 aliphatic heterocycles. The number of nitrogen functional groups attached to an aromatic ring is 1. The first-order valence-electron chi connectivity index (χ1n) is 6.19. The molecule has 1 unspecified atom stereocenters. The van der Waals surface area contributed by atoms with Gasteiger partial charge in [-0.2, -0.15) is 0 Å². The van der Waals surface area contributed by atoms with E-state index in [1.165, 1.54) is 4.90 Å². The molecule has 1 amide bonds. The zero-order chi connectivity index (χ0) is 15.6. The second kappa shape index (κ2) is 6.25. The van der Waals surface area contributed by atoms with Crippen LogP contribution < -0.4 is 5.73 Å². The Kier molecular flexibility index (Phi) is 4.61. The predicted molar refractivity (Wildman–Crippen MR) is 75.2 cm³/mol. The van der Waals surface area contributed by atoms with E-state index in [1.807, 2.05) is 0 Å². The molecular weight excluding hydrogens is 302 g/mol. The monoisotopic (exact) mass is 315 g/mol. The minimum atomic E-state index is -0.641. The second-order valence-corrected chi connectivity index (χ2v) is 4.98. The summed E-state index contributed by atoms with van der Waals surface area (Å²) >= 11 is 5.84. The SMILES string of the molecule is Nc1c(Cl)cc([N+](=O)[O-])cc1C(=O)N1CCOC(CO)C1. The summed E-state index contributed by atoms with van der Waals surface area (Å²) in [5, 5.41) is 19.9. The first-order valence-corrected chi connectivity index (χ1v) is 6.57. The highest BCUT2D eigenvalue weighted by atomic mass is 35.5. The van der Waals surface area contributed by atoms with Gasteiger partial charge >= 0.3 is 0 Å². The number of non-ortho nitro benzene ring substituents is 1. The van der Waals surface area contributed by atoms with Crippen LogP contribution >= 0.6 is 11.6 Å². The molecule has 9 heteroatoms. The van der Waals surface area contributed by atoms with Crippen LogP contribution in [0, 0.1) is 10.1 Å². The van der Waals surface area contributed by atoms with Gasteiger partial charge in [-0.05, 0) is 0 Å². The van der Waals surface area contributed by atoms with Crippen molar-refractivity contribution in [2.24, 2.45) is 0 Å². The van der Waals surface area contributed by atoms with E-state index in [9.17, 15) is 14.9 Å². The van der Waals surface area contributed by atoms with E-state index in [1.54, 1.807) is 0 Å². The molecule has 3 N–H and O–H groups in total. The molecule has 1 atom stereocenters. The van der Waals surface area contributed by atoms with Crippen molar-refractivity contribution >= 4 is 28.9 Å². The predicted octanol–water partition coefficient (Wildman–Crippen LogP) is 0.664. The zero-order valence-electron chi connectivity index (χ0n) is 11.0. The molecule has 0 saturated carbocycles. The Hall–Kier alpha value is -1.90. The number of morpholine rings is 1. The summed E-state index contributed by atoms with van der Waals surface area (Å²) < 4.78 is 5.25. The number of amides is 1. The van der Waals surface area contributed by atoms with Gasteiger partial charge in [0.2, 0.25) is 0 Å². The number of benzene rings is 1. The smallest absolute Gasteiger partial charge is 0.271 e. The lowest BCUT2D eigenvalue weighted by atomic mass is 10.1. The standard InChI is InChI=1S/C12H14ClN3O5/c13-10-4-7(16(19)20)3-9(11(10)14)12(18)15-1-2-21-8(5-15)6-17/h3-4,8,17H,1-2,5-6,14H2. The fourth-order valence-corrected chi connectivity index (χ4v) is 2.28. The average Bonchev–Trinajstić information content (AvgIpc) is 2.49. The third-order valence-corrected chi connectivity index (χ3v) is 3.50. The Balaban J connectivity index is 2.32. The number of aliphatic hydroxyl groups is 1. The normalized spacial score (nSPS) is 18.6. The molecule has 0 aromatic heterocycles. The first-order chi connectivity index (χ1) is 9.93. The van der Waals surface area contributed by atoms with Crippen molar-refractivity contribution in [3.63, 3.8) is 0 Å². The maximum atomic E-state index is 12.4. The summed E-state index contributed by atoms with van der Waals surface area (Å²) in [6, 6.07) is 2.20. The Labute approximate surface area is 125 Å². The highest BCUT2D eigenvalue weighted by Crippen LogP contribution is 2.30. The van der Waals surface area contributed by atoms with E-state index < -0.39 is 16.9 Å². The highest BCUT2D eigenvalue weighted by molar-refractivity contribution is 6.34. The first kappa shape index (κ1) is 15.5. The van der Waals surface area contributed by atoms with Crippen LogP contribution in [-0.2, 0) is 4.74 Å². The van der Waals surface area contributed by atoms with Crippen LogP contribution in [0.15, 0.2) is 12.1 Å². The maximum Gasteiger partial charge on any atom is 0.271 e. The molecule has 1 saturated heterocycles. The van der Waals surface area contributed by atoms with E-state index in [0.717, 1.165) is 12.1 Å². The molecule has 114 valence electrons. The number of nitro benzene ring substituents is 1. The minimum Gasteiger partial charge on any atom is -0.397 e. The number of hydrogen-bond acceptors (Lipinski definition) is 6. The Morgan fingerprint density at radius 3 is 2.95 bits per heavy atom. The van der Waals surface area contributed by atoms with Crippen LogP contribution in [0.1, 0.15) is 10.4 Å². The van der Waals surface area contributed by atoms with Gasteiger partial charge in [0.1, 0.15) is 0 Å². The Bertz CT molecular complexity index is 580. The number of carbonyl (C=O) groups excluding carboxylic acids is 1. The third-order valence-electron chi connectivity index (χ3n) is 3.19. The number of nitrogens with zero attached hydrogens (tertiary/aromatic N) is 2. The lowest BCUT2D eigenvalue weighted by Crippen LogP contribution is -2.47. The molecule has 1 fully saturated rings. The lowest BCUT2D eigenvalue weighted by Gasteiger charge is -2.32. The van der Waals surface area contributed by atoms with Crippen LogP contribution in [0.25, 0.3) is 0 Å². The number of rotatable bonds is 3. The number of nitrogens with two attached hydrogens (primary N) is 1. The number of ether oxygens (including phenoxy) is 1. The van der Waals surface area contributed by atoms with Gasteiger partial charge in [0.15, 0.2) is 0 Å². The van der Waals surface area contributed by atoms with Crippen LogP contribution in [-0.4, -0.2) is 53.2 Å².